The van der Waals surface area contributed by atoms with E-state index in [1.807, 2.05) is 43.3 Å². The molecule has 0 heterocycles. The Hall–Kier alpha value is -1.77. The molecule has 0 radical (unpaired) electrons. The van der Waals surface area contributed by atoms with Gasteiger partial charge in [-0.2, -0.15) is 0 Å². The molecule has 27 heavy (non-hydrogen) atoms. The molecule has 3 heteroatoms. The summed E-state index contributed by atoms with van der Waals surface area (Å²) in [6, 6.07) is 14.5. The summed E-state index contributed by atoms with van der Waals surface area (Å²) in [5.74, 6) is -3.52. The number of hydrogen-bond acceptors (Lipinski definition) is 0. The lowest BCUT2D eigenvalue weighted by Gasteiger charge is -2.39. The maximum absolute atomic E-state index is 14.7. The highest BCUT2D eigenvalue weighted by Gasteiger charge is 2.46. The largest absolute Gasteiger partial charge is 0.251 e. The minimum absolute atomic E-state index is 0.0111. The molecule has 0 aromatic heterocycles. The third kappa shape index (κ3) is 4.75. The monoisotopic (exact) mass is 374 g/mol. The van der Waals surface area contributed by atoms with Gasteiger partial charge < -0.3 is 0 Å². The van der Waals surface area contributed by atoms with Crippen LogP contribution >= 0.6 is 0 Å². The van der Waals surface area contributed by atoms with Crippen molar-refractivity contribution >= 4 is 0 Å². The topological polar surface area (TPSA) is 0 Å². The molecule has 1 aliphatic carbocycles. The van der Waals surface area contributed by atoms with E-state index in [1.54, 1.807) is 6.07 Å². The Labute approximate surface area is 160 Å². The van der Waals surface area contributed by atoms with E-state index in [9.17, 15) is 13.2 Å². The van der Waals surface area contributed by atoms with Gasteiger partial charge in [-0.3, -0.25) is 0 Å². The number of benzene rings is 2. The molecule has 0 N–H and O–H groups in total. The first kappa shape index (κ1) is 20.0. The predicted molar refractivity (Wildman–Crippen MR) is 105 cm³/mol. The maximum atomic E-state index is 14.7. The van der Waals surface area contributed by atoms with Gasteiger partial charge in [-0.1, -0.05) is 69.2 Å². The van der Waals surface area contributed by atoms with Crippen molar-refractivity contribution in [2.75, 3.05) is 0 Å². The van der Waals surface area contributed by atoms with Gasteiger partial charge in [0.05, 0.1) is 0 Å². The summed E-state index contributed by atoms with van der Waals surface area (Å²) >= 11 is 0. The van der Waals surface area contributed by atoms with Gasteiger partial charge in [0.2, 0.25) is 0 Å². The van der Waals surface area contributed by atoms with Crippen LogP contribution in [0.4, 0.5) is 13.2 Å². The van der Waals surface area contributed by atoms with E-state index in [2.05, 4.69) is 6.92 Å². The summed E-state index contributed by atoms with van der Waals surface area (Å²) in [4.78, 5) is 0. The smallest absolute Gasteiger partial charge is 0.207 e. The van der Waals surface area contributed by atoms with Crippen LogP contribution < -0.4 is 0 Å². The molecule has 3 rings (SSSR count). The van der Waals surface area contributed by atoms with E-state index in [4.69, 9.17) is 0 Å². The van der Waals surface area contributed by atoms with Gasteiger partial charge >= 0.3 is 0 Å². The highest BCUT2D eigenvalue weighted by Crippen LogP contribution is 2.46. The number of halogens is 3. The average molecular weight is 374 g/mol. The zero-order valence-corrected chi connectivity index (χ0v) is 16.2. The lowest BCUT2D eigenvalue weighted by Crippen LogP contribution is -2.40. The Kier molecular flexibility index (Phi) is 6.29. The molecule has 2 aromatic carbocycles. The first-order valence-corrected chi connectivity index (χ1v) is 10.1. The molecule has 3 atom stereocenters. The van der Waals surface area contributed by atoms with Crippen LogP contribution in [-0.4, -0.2) is 5.92 Å². The van der Waals surface area contributed by atoms with Crippen LogP contribution in [0.25, 0.3) is 11.1 Å². The van der Waals surface area contributed by atoms with Gasteiger partial charge in [-0.15, -0.1) is 0 Å². The highest BCUT2D eigenvalue weighted by atomic mass is 19.3. The summed E-state index contributed by atoms with van der Waals surface area (Å²) in [5, 5.41) is 0. The van der Waals surface area contributed by atoms with E-state index in [0.717, 1.165) is 30.4 Å². The second kappa shape index (κ2) is 8.50. The molecule has 0 aliphatic heterocycles. The molecule has 0 bridgehead atoms. The van der Waals surface area contributed by atoms with Crippen LogP contribution in [0.5, 0.6) is 0 Å². The molecule has 3 unspecified atom stereocenters. The maximum Gasteiger partial charge on any atom is 0.251 e. The quantitative estimate of drug-likeness (QED) is 0.490. The van der Waals surface area contributed by atoms with E-state index in [-0.39, 0.29) is 24.1 Å². The number of alkyl halides is 2. The second-order valence-corrected chi connectivity index (χ2v) is 8.17. The summed E-state index contributed by atoms with van der Waals surface area (Å²) < 4.78 is 43.9. The molecule has 0 saturated heterocycles. The third-order valence-electron chi connectivity index (χ3n) is 6.05. The second-order valence-electron chi connectivity index (χ2n) is 8.17. The van der Waals surface area contributed by atoms with Crippen LogP contribution in [0.2, 0.25) is 0 Å². The van der Waals surface area contributed by atoms with Crippen molar-refractivity contribution in [3.05, 3.63) is 59.9 Å². The fourth-order valence-electron chi connectivity index (χ4n) is 4.67. The van der Waals surface area contributed by atoms with Gasteiger partial charge in [-0.05, 0) is 48.3 Å². The van der Waals surface area contributed by atoms with Crippen LogP contribution in [0.15, 0.2) is 48.5 Å². The lowest BCUT2D eigenvalue weighted by atomic mass is 9.71. The minimum Gasteiger partial charge on any atom is -0.207 e. The Bertz CT molecular complexity index is 739. The summed E-state index contributed by atoms with van der Waals surface area (Å²) in [6.45, 7) is 3.95. The van der Waals surface area contributed by atoms with E-state index in [1.165, 1.54) is 6.07 Å². The number of rotatable bonds is 6. The average Bonchev–Trinajstić information content (AvgIpc) is 2.62. The molecular formula is C24H29F3. The van der Waals surface area contributed by atoms with Crippen LogP contribution in [0, 0.1) is 23.6 Å². The summed E-state index contributed by atoms with van der Waals surface area (Å²) in [5.41, 5.74) is 2.18. The fraction of sp³-hybridized carbons (Fsp3) is 0.500. The summed E-state index contributed by atoms with van der Waals surface area (Å²) in [6.07, 6.45) is 3.82. The van der Waals surface area contributed by atoms with Gasteiger partial charge in [0.15, 0.2) is 0 Å². The van der Waals surface area contributed by atoms with Crippen LogP contribution in [0.1, 0.15) is 51.5 Å². The van der Waals surface area contributed by atoms with Crippen LogP contribution in [-0.2, 0) is 6.42 Å². The molecule has 0 amide bonds. The van der Waals surface area contributed by atoms with Crippen LogP contribution in [0.3, 0.4) is 0 Å². The first-order chi connectivity index (χ1) is 12.9. The molecule has 146 valence electrons. The fourth-order valence-corrected chi connectivity index (χ4v) is 4.67. The zero-order chi connectivity index (χ0) is 19.4. The normalized spacial score (nSPS) is 23.1. The molecule has 1 fully saturated rings. The predicted octanol–water partition coefficient (Wildman–Crippen LogP) is 7.52. The highest BCUT2D eigenvalue weighted by molar-refractivity contribution is 5.64. The van der Waals surface area contributed by atoms with Gasteiger partial charge in [0, 0.05) is 17.9 Å². The van der Waals surface area contributed by atoms with E-state index < -0.39 is 11.8 Å². The molecule has 1 aliphatic rings. The Morgan fingerprint density at radius 1 is 1.07 bits per heavy atom. The van der Waals surface area contributed by atoms with Crippen molar-refractivity contribution in [1.82, 2.24) is 0 Å². The van der Waals surface area contributed by atoms with E-state index >= 15 is 0 Å². The molecule has 2 aromatic rings. The van der Waals surface area contributed by atoms with Gasteiger partial charge in [0.1, 0.15) is 5.82 Å². The molecule has 0 nitrogen and oxygen atoms in total. The van der Waals surface area contributed by atoms with Crippen molar-refractivity contribution < 1.29 is 13.2 Å². The molecule has 1 saturated carbocycles. The van der Waals surface area contributed by atoms with Crippen molar-refractivity contribution in [2.45, 2.75) is 58.3 Å². The van der Waals surface area contributed by atoms with Gasteiger partial charge in [-0.25, -0.2) is 13.2 Å². The Morgan fingerprint density at radius 2 is 1.81 bits per heavy atom. The van der Waals surface area contributed by atoms with Gasteiger partial charge in [0.25, 0.3) is 5.92 Å². The molecular weight excluding hydrogens is 345 g/mol. The molecule has 0 spiro atoms. The van der Waals surface area contributed by atoms with Crippen molar-refractivity contribution in [2.24, 2.45) is 17.8 Å². The Balaban J connectivity index is 1.69. The SMILES string of the molecule is CCCC1CCC(C(C)Cc2ccc(-c3ccccc3)c(F)c2)C(F)(F)C1. The van der Waals surface area contributed by atoms with E-state index in [0.29, 0.717) is 18.4 Å². The van der Waals surface area contributed by atoms with Crippen molar-refractivity contribution in [3.8, 4) is 11.1 Å². The Morgan fingerprint density at radius 3 is 2.44 bits per heavy atom. The minimum atomic E-state index is -2.61. The van der Waals surface area contributed by atoms with Crippen molar-refractivity contribution in [3.63, 3.8) is 0 Å². The lowest BCUT2D eigenvalue weighted by molar-refractivity contribution is -0.120. The number of hydrogen-bond donors (Lipinski definition) is 0. The first-order valence-electron chi connectivity index (χ1n) is 10.1. The summed E-state index contributed by atoms with van der Waals surface area (Å²) in [7, 11) is 0. The zero-order valence-electron chi connectivity index (χ0n) is 16.2. The third-order valence-corrected chi connectivity index (χ3v) is 6.05. The van der Waals surface area contributed by atoms with Crippen molar-refractivity contribution in [1.29, 1.82) is 0 Å². The standard InChI is InChI=1S/C24H29F3/c1-3-7-18-11-13-22(24(26,27)16-18)17(2)14-19-10-12-21(23(25)15-19)20-8-5-4-6-9-20/h4-6,8-10,12,15,17-18,22H,3,7,11,13-14,16H2,1-2H3.